The summed E-state index contributed by atoms with van der Waals surface area (Å²) in [5, 5.41) is 13.8. The smallest absolute Gasteiger partial charge is 0.250 e. The molecule has 3 rings (SSSR count). The Morgan fingerprint density at radius 2 is 1.97 bits per heavy atom. The fraction of sp³-hybridized carbons (Fsp3) is 0.429. The number of ether oxygens (including phenoxy) is 4. The maximum absolute atomic E-state index is 12.3. The van der Waals surface area contributed by atoms with Gasteiger partial charge in [-0.15, -0.1) is 10.2 Å². The number of nitrogens with one attached hydrogen (secondary N) is 2. The highest BCUT2D eigenvalue weighted by Crippen LogP contribution is 2.38. The van der Waals surface area contributed by atoms with E-state index < -0.39 is 0 Å². The van der Waals surface area contributed by atoms with Crippen molar-refractivity contribution in [2.45, 2.75) is 23.3 Å². The number of benzene rings is 1. The van der Waals surface area contributed by atoms with Crippen LogP contribution in [0.15, 0.2) is 22.5 Å². The van der Waals surface area contributed by atoms with Crippen LogP contribution in [0.5, 0.6) is 17.2 Å². The summed E-state index contributed by atoms with van der Waals surface area (Å²) < 4.78 is 22.0. The van der Waals surface area contributed by atoms with Crippen LogP contribution in [0.4, 0.5) is 5.13 Å². The van der Waals surface area contributed by atoms with Crippen LogP contribution < -0.4 is 24.8 Å². The quantitative estimate of drug-likeness (QED) is 0.276. The summed E-state index contributed by atoms with van der Waals surface area (Å²) in [7, 11) is 4.57. The first kappa shape index (κ1) is 24.8. The molecule has 1 aliphatic rings. The van der Waals surface area contributed by atoms with E-state index in [4.69, 9.17) is 18.9 Å². The number of hydrogen-bond donors (Lipinski definition) is 2. The summed E-state index contributed by atoms with van der Waals surface area (Å²) >= 11 is 2.46. The number of amides is 2. The molecular weight excluding hydrogens is 468 g/mol. The molecule has 2 N–H and O–H groups in total. The van der Waals surface area contributed by atoms with Gasteiger partial charge < -0.3 is 24.3 Å². The topological polar surface area (TPSA) is 121 Å². The van der Waals surface area contributed by atoms with Crippen LogP contribution in [-0.4, -0.2) is 68.3 Å². The highest BCUT2D eigenvalue weighted by molar-refractivity contribution is 8.01. The Hall–Kier alpha value is -2.83. The molecule has 2 heterocycles. The molecule has 2 aromatic rings. The van der Waals surface area contributed by atoms with Gasteiger partial charge >= 0.3 is 0 Å². The number of rotatable bonds is 11. The van der Waals surface area contributed by atoms with Crippen LogP contribution in [0.3, 0.4) is 0 Å². The zero-order valence-electron chi connectivity index (χ0n) is 18.6. The van der Waals surface area contributed by atoms with Crippen molar-refractivity contribution in [3.05, 3.63) is 23.8 Å². The second-order valence-electron chi connectivity index (χ2n) is 6.88. The lowest BCUT2D eigenvalue weighted by Gasteiger charge is -2.12. The maximum atomic E-state index is 12.3. The van der Waals surface area contributed by atoms with Gasteiger partial charge in [0.25, 0.3) is 0 Å². The van der Waals surface area contributed by atoms with Crippen LogP contribution in [0.1, 0.15) is 18.4 Å². The molecule has 0 aliphatic carbocycles. The lowest BCUT2D eigenvalue weighted by molar-refractivity contribution is -0.119. The first-order valence-electron chi connectivity index (χ1n) is 10.2. The number of carbonyl (C=O) groups is 2. The van der Waals surface area contributed by atoms with E-state index >= 15 is 0 Å². The number of aromatic nitrogens is 2. The van der Waals surface area contributed by atoms with Crippen molar-refractivity contribution >= 4 is 46.1 Å². The van der Waals surface area contributed by atoms with Crippen LogP contribution in [-0.2, 0) is 14.3 Å². The van der Waals surface area contributed by atoms with Gasteiger partial charge in [0.1, 0.15) is 0 Å². The number of hydrogen-bond acceptors (Lipinski definition) is 10. The molecule has 2 amide bonds. The van der Waals surface area contributed by atoms with Gasteiger partial charge in [-0.3, -0.25) is 14.9 Å². The van der Waals surface area contributed by atoms with E-state index in [0.717, 1.165) is 19.4 Å². The van der Waals surface area contributed by atoms with Crippen LogP contribution >= 0.6 is 23.1 Å². The third-order valence-electron chi connectivity index (χ3n) is 4.63. The number of nitrogens with zero attached hydrogens (tertiary/aromatic N) is 2. The van der Waals surface area contributed by atoms with Crippen LogP contribution in [0.25, 0.3) is 6.08 Å². The van der Waals surface area contributed by atoms with Gasteiger partial charge in [-0.2, -0.15) is 0 Å². The summed E-state index contributed by atoms with van der Waals surface area (Å²) in [6.45, 7) is 1.28. The second kappa shape index (κ2) is 12.4. The summed E-state index contributed by atoms with van der Waals surface area (Å²) in [5.74, 6) is 1.21. The fourth-order valence-corrected chi connectivity index (χ4v) is 4.63. The van der Waals surface area contributed by atoms with E-state index in [1.165, 1.54) is 50.5 Å². The van der Waals surface area contributed by atoms with Crippen LogP contribution in [0, 0.1) is 0 Å². The first-order chi connectivity index (χ1) is 16.0. The molecule has 1 atom stereocenters. The van der Waals surface area contributed by atoms with Crippen molar-refractivity contribution in [1.29, 1.82) is 0 Å². The van der Waals surface area contributed by atoms with E-state index in [1.54, 1.807) is 18.2 Å². The van der Waals surface area contributed by atoms with Crippen LogP contribution in [0.2, 0.25) is 0 Å². The van der Waals surface area contributed by atoms with E-state index in [-0.39, 0.29) is 23.7 Å². The zero-order valence-corrected chi connectivity index (χ0v) is 20.2. The Bertz CT molecular complexity index is 966. The van der Waals surface area contributed by atoms with Gasteiger partial charge in [-0.1, -0.05) is 23.1 Å². The molecule has 0 radical (unpaired) electrons. The Balaban J connectivity index is 1.49. The standard InChI is InChI=1S/C21H26N4O6S2/c1-28-15-9-13(10-16(29-2)19(15)30-3)6-7-17(26)23-20-24-25-21(33-20)32-12-18(27)22-11-14-5-4-8-31-14/h6-7,9-10,14H,4-5,8,11-12H2,1-3H3,(H,22,27)(H,23,24,26)/b7-6+. The molecule has 1 fully saturated rings. The van der Waals surface area contributed by atoms with Gasteiger partial charge in [-0.05, 0) is 36.6 Å². The number of anilines is 1. The number of methoxy groups -OCH3 is 3. The Morgan fingerprint density at radius 1 is 1.21 bits per heavy atom. The van der Waals surface area contributed by atoms with E-state index in [9.17, 15) is 9.59 Å². The molecule has 1 aromatic carbocycles. The minimum absolute atomic E-state index is 0.0930. The number of thioether (sulfide) groups is 1. The predicted octanol–water partition coefficient (Wildman–Crippen LogP) is 2.60. The predicted molar refractivity (Wildman–Crippen MR) is 126 cm³/mol. The first-order valence-corrected chi connectivity index (χ1v) is 12.0. The SMILES string of the molecule is COc1cc(/C=C/C(=O)Nc2nnc(SCC(=O)NCC3CCCO3)s2)cc(OC)c1OC. The molecule has 12 heteroatoms. The minimum atomic E-state index is -0.370. The van der Waals surface area contributed by atoms with Crippen molar-refractivity contribution in [1.82, 2.24) is 15.5 Å². The molecule has 0 spiro atoms. The molecule has 1 aromatic heterocycles. The van der Waals surface area contributed by atoms with Crippen molar-refractivity contribution in [2.75, 3.05) is 45.6 Å². The van der Waals surface area contributed by atoms with Gasteiger partial charge in [0.05, 0.1) is 33.2 Å². The monoisotopic (exact) mass is 494 g/mol. The van der Waals surface area contributed by atoms with Gasteiger partial charge in [-0.25, -0.2) is 0 Å². The maximum Gasteiger partial charge on any atom is 0.250 e. The molecule has 0 saturated carbocycles. The lowest BCUT2D eigenvalue weighted by atomic mass is 10.1. The molecule has 178 valence electrons. The minimum Gasteiger partial charge on any atom is -0.493 e. The Morgan fingerprint density at radius 3 is 2.61 bits per heavy atom. The molecule has 1 saturated heterocycles. The third-order valence-corrected chi connectivity index (χ3v) is 6.60. The second-order valence-corrected chi connectivity index (χ2v) is 9.08. The van der Waals surface area contributed by atoms with Crippen molar-refractivity contribution < 1.29 is 28.5 Å². The summed E-state index contributed by atoms with van der Waals surface area (Å²) in [4.78, 5) is 24.2. The van der Waals surface area contributed by atoms with E-state index in [0.29, 0.717) is 38.8 Å². The molecular formula is C21H26N4O6S2. The van der Waals surface area contributed by atoms with Gasteiger partial charge in [0.15, 0.2) is 15.8 Å². The lowest BCUT2D eigenvalue weighted by Crippen LogP contribution is -2.32. The third kappa shape index (κ3) is 7.34. The molecule has 1 unspecified atom stereocenters. The van der Waals surface area contributed by atoms with E-state index in [1.807, 2.05) is 0 Å². The largest absolute Gasteiger partial charge is 0.493 e. The van der Waals surface area contributed by atoms with E-state index in [2.05, 4.69) is 20.8 Å². The zero-order chi connectivity index (χ0) is 23.6. The average Bonchev–Trinajstić information content (AvgIpc) is 3.51. The highest BCUT2D eigenvalue weighted by Gasteiger charge is 2.17. The van der Waals surface area contributed by atoms with Crippen molar-refractivity contribution in [3.63, 3.8) is 0 Å². The Kier molecular flexibility index (Phi) is 9.34. The molecule has 33 heavy (non-hydrogen) atoms. The highest BCUT2D eigenvalue weighted by atomic mass is 32.2. The van der Waals surface area contributed by atoms with Crippen molar-refractivity contribution in [3.8, 4) is 17.2 Å². The normalized spacial score (nSPS) is 15.4. The van der Waals surface area contributed by atoms with Gasteiger partial charge in [0, 0.05) is 19.2 Å². The molecule has 0 bridgehead atoms. The Labute approximate surface area is 200 Å². The fourth-order valence-electron chi connectivity index (χ4n) is 3.05. The summed E-state index contributed by atoms with van der Waals surface area (Å²) in [6.07, 6.45) is 5.10. The molecule has 1 aliphatic heterocycles. The summed E-state index contributed by atoms with van der Waals surface area (Å²) in [6, 6.07) is 3.46. The van der Waals surface area contributed by atoms with Gasteiger partial charge in [0.2, 0.25) is 22.7 Å². The summed E-state index contributed by atoms with van der Waals surface area (Å²) in [5.41, 5.74) is 0.696. The molecule has 10 nitrogen and oxygen atoms in total. The average molecular weight is 495 g/mol. The number of carbonyl (C=O) groups excluding carboxylic acids is 2. The van der Waals surface area contributed by atoms with Crippen molar-refractivity contribution in [2.24, 2.45) is 0 Å².